The van der Waals surface area contributed by atoms with Gasteiger partial charge in [-0.05, 0) is 18.6 Å². The van der Waals surface area contributed by atoms with Crippen molar-refractivity contribution in [2.75, 3.05) is 11.9 Å². The van der Waals surface area contributed by atoms with Crippen molar-refractivity contribution >= 4 is 23.1 Å². The Morgan fingerprint density at radius 3 is 2.85 bits per heavy atom. The minimum atomic E-state index is -0.393. The maximum Gasteiger partial charge on any atom is 0.292 e. The average molecular weight is 294 g/mol. The van der Waals surface area contributed by atoms with Crippen LogP contribution in [0.25, 0.3) is 0 Å². The Kier molecular flexibility index (Phi) is 4.57. The predicted octanol–water partition coefficient (Wildman–Crippen LogP) is 3.01. The lowest BCUT2D eigenvalue weighted by atomic mass is 10.2. The zero-order valence-electron chi connectivity index (χ0n) is 11.1. The molecule has 0 atom stereocenters. The molecule has 0 saturated carbocycles. The van der Waals surface area contributed by atoms with Crippen molar-refractivity contribution in [3.8, 4) is 0 Å². The molecule has 1 aromatic heterocycles. The van der Waals surface area contributed by atoms with Crippen LogP contribution in [0.3, 0.4) is 0 Å². The van der Waals surface area contributed by atoms with Gasteiger partial charge in [0.15, 0.2) is 0 Å². The maximum atomic E-state index is 10.9. The number of aryl methyl sites for hydroxylation is 1. The van der Waals surface area contributed by atoms with E-state index in [9.17, 15) is 10.1 Å². The van der Waals surface area contributed by atoms with Gasteiger partial charge >= 0.3 is 0 Å². The van der Waals surface area contributed by atoms with Gasteiger partial charge < -0.3 is 9.73 Å². The normalized spacial score (nSPS) is 10.5. The molecule has 0 aliphatic carbocycles. The average Bonchev–Trinajstić information content (AvgIpc) is 2.82. The van der Waals surface area contributed by atoms with E-state index in [0.29, 0.717) is 29.1 Å². The van der Waals surface area contributed by atoms with E-state index in [1.54, 1.807) is 19.1 Å². The lowest BCUT2D eigenvalue weighted by Gasteiger charge is -2.06. The first kappa shape index (κ1) is 14.3. The fourth-order valence-electron chi connectivity index (χ4n) is 1.65. The van der Waals surface area contributed by atoms with Crippen LogP contribution in [0, 0.1) is 17.0 Å². The van der Waals surface area contributed by atoms with Gasteiger partial charge in [-0.25, -0.2) is 0 Å². The Balaban J connectivity index is 2.12. The molecule has 0 unspecified atom stereocenters. The molecule has 1 N–H and O–H groups in total. The quantitative estimate of drug-likeness (QED) is 0.497. The van der Waals surface area contributed by atoms with Gasteiger partial charge in [0.1, 0.15) is 5.69 Å². The molecule has 0 bridgehead atoms. The standard InChI is InChI=1S/C12H14N4O3S/c1-3-13-10-6-9(4-5-11(10)16(17)18)7-20-12-15-14-8(2)19-12/h4-6,13H,3,7H2,1-2H3. The van der Waals surface area contributed by atoms with Gasteiger partial charge in [-0.1, -0.05) is 17.8 Å². The van der Waals surface area contributed by atoms with Crippen LogP contribution in [-0.2, 0) is 5.75 Å². The smallest absolute Gasteiger partial charge is 0.292 e. The molecule has 20 heavy (non-hydrogen) atoms. The van der Waals surface area contributed by atoms with Crippen LogP contribution < -0.4 is 5.32 Å². The summed E-state index contributed by atoms with van der Waals surface area (Å²) in [4.78, 5) is 10.5. The van der Waals surface area contributed by atoms with Gasteiger partial charge in [-0.15, -0.1) is 10.2 Å². The molecular formula is C12H14N4O3S. The summed E-state index contributed by atoms with van der Waals surface area (Å²) in [5.41, 5.74) is 1.55. The summed E-state index contributed by atoms with van der Waals surface area (Å²) in [5, 5.41) is 22.0. The van der Waals surface area contributed by atoms with Gasteiger partial charge in [0.25, 0.3) is 10.9 Å². The monoisotopic (exact) mass is 294 g/mol. The highest BCUT2D eigenvalue weighted by atomic mass is 32.2. The van der Waals surface area contributed by atoms with Crippen molar-refractivity contribution in [3.05, 3.63) is 39.8 Å². The van der Waals surface area contributed by atoms with Crippen molar-refractivity contribution < 1.29 is 9.34 Å². The number of rotatable bonds is 6. The highest BCUT2D eigenvalue weighted by Gasteiger charge is 2.14. The molecule has 7 nitrogen and oxygen atoms in total. The third-order valence-corrected chi connectivity index (χ3v) is 3.38. The second-order valence-electron chi connectivity index (χ2n) is 4.01. The molecule has 0 aliphatic heterocycles. The second kappa shape index (κ2) is 6.38. The summed E-state index contributed by atoms with van der Waals surface area (Å²) in [6, 6.07) is 5.01. The van der Waals surface area contributed by atoms with E-state index in [4.69, 9.17) is 4.42 Å². The van der Waals surface area contributed by atoms with Crippen LogP contribution >= 0.6 is 11.8 Å². The predicted molar refractivity (Wildman–Crippen MR) is 75.9 cm³/mol. The van der Waals surface area contributed by atoms with Crippen LogP contribution in [0.5, 0.6) is 0 Å². The first-order valence-corrected chi connectivity index (χ1v) is 7.02. The van der Waals surface area contributed by atoms with Crippen LogP contribution in [-0.4, -0.2) is 21.7 Å². The number of thioether (sulfide) groups is 1. The van der Waals surface area contributed by atoms with Gasteiger partial charge in [0.2, 0.25) is 5.89 Å². The van der Waals surface area contributed by atoms with E-state index in [-0.39, 0.29) is 5.69 Å². The molecule has 0 fully saturated rings. The van der Waals surface area contributed by atoms with Crippen molar-refractivity contribution in [1.29, 1.82) is 0 Å². The van der Waals surface area contributed by atoms with Crippen molar-refractivity contribution in [2.45, 2.75) is 24.8 Å². The van der Waals surface area contributed by atoms with Crippen molar-refractivity contribution in [3.63, 3.8) is 0 Å². The minimum Gasteiger partial charge on any atom is -0.416 e. The Labute approximate surface area is 119 Å². The Bertz CT molecular complexity index is 614. The molecule has 0 amide bonds. The first-order chi connectivity index (χ1) is 9.60. The van der Waals surface area contributed by atoms with Gasteiger partial charge in [-0.3, -0.25) is 10.1 Å². The van der Waals surface area contributed by atoms with Crippen molar-refractivity contribution in [2.24, 2.45) is 0 Å². The maximum absolute atomic E-state index is 10.9. The van der Waals surface area contributed by atoms with Gasteiger partial charge in [0.05, 0.1) is 4.92 Å². The zero-order chi connectivity index (χ0) is 14.5. The number of nitrogens with zero attached hydrogens (tertiary/aromatic N) is 3. The van der Waals surface area contributed by atoms with Gasteiger partial charge in [-0.2, -0.15) is 0 Å². The molecule has 0 saturated heterocycles. The fraction of sp³-hybridized carbons (Fsp3) is 0.333. The summed E-state index contributed by atoms with van der Waals surface area (Å²) in [7, 11) is 0. The largest absolute Gasteiger partial charge is 0.416 e. The summed E-state index contributed by atoms with van der Waals surface area (Å²) >= 11 is 1.40. The van der Waals surface area contributed by atoms with E-state index in [2.05, 4.69) is 15.5 Å². The van der Waals surface area contributed by atoms with Crippen LogP contribution in [0.15, 0.2) is 27.8 Å². The molecule has 1 heterocycles. The number of nitro benzene ring substituents is 1. The number of hydrogen-bond acceptors (Lipinski definition) is 7. The summed E-state index contributed by atoms with van der Waals surface area (Å²) in [6.07, 6.45) is 0. The van der Waals surface area contributed by atoms with Crippen LogP contribution in [0.4, 0.5) is 11.4 Å². The Morgan fingerprint density at radius 1 is 1.45 bits per heavy atom. The molecule has 2 aromatic rings. The zero-order valence-corrected chi connectivity index (χ0v) is 11.9. The first-order valence-electron chi connectivity index (χ1n) is 6.04. The SMILES string of the molecule is CCNc1cc(CSc2nnc(C)o2)ccc1[N+](=O)[O-]. The van der Waals surface area contributed by atoms with E-state index in [0.717, 1.165) is 5.56 Å². The van der Waals surface area contributed by atoms with Crippen LogP contribution in [0.2, 0.25) is 0 Å². The molecule has 1 aromatic carbocycles. The molecule has 0 aliphatic rings. The Morgan fingerprint density at radius 2 is 2.25 bits per heavy atom. The third-order valence-electron chi connectivity index (χ3n) is 2.49. The lowest BCUT2D eigenvalue weighted by molar-refractivity contribution is -0.384. The summed E-state index contributed by atoms with van der Waals surface area (Å²) < 4.78 is 5.26. The number of hydrogen-bond donors (Lipinski definition) is 1. The molecule has 0 spiro atoms. The second-order valence-corrected chi connectivity index (χ2v) is 4.94. The number of nitrogens with one attached hydrogen (secondary N) is 1. The van der Waals surface area contributed by atoms with E-state index >= 15 is 0 Å². The number of nitro groups is 1. The number of anilines is 1. The highest BCUT2D eigenvalue weighted by Crippen LogP contribution is 2.28. The molecular weight excluding hydrogens is 280 g/mol. The molecule has 2 rings (SSSR count). The van der Waals surface area contributed by atoms with Crippen LogP contribution in [0.1, 0.15) is 18.4 Å². The van der Waals surface area contributed by atoms with E-state index in [1.165, 1.54) is 17.8 Å². The minimum absolute atomic E-state index is 0.0780. The number of aromatic nitrogens is 2. The van der Waals surface area contributed by atoms with Gasteiger partial charge in [0, 0.05) is 25.3 Å². The summed E-state index contributed by atoms with van der Waals surface area (Å²) in [6.45, 7) is 4.25. The summed E-state index contributed by atoms with van der Waals surface area (Å²) in [5.74, 6) is 1.13. The van der Waals surface area contributed by atoms with E-state index in [1.807, 2.05) is 6.92 Å². The van der Waals surface area contributed by atoms with Crippen molar-refractivity contribution in [1.82, 2.24) is 10.2 Å². The number of benzene rings is 1. The lowest BCUT2D eigenvalue weighted by Crippen LogP contribution is -2.01. The molecule has 0 radical (unpaired) electrons. The highest BCUT2D eigenvalue weighted by molar-refractivity contribution is 7.98. The molecule has 106 valence electrons. The van der Waals surface area contributed by atoms with E-state index < -0.39 is 4.92 Å². The molecule has 8 heteroatoms. The third kappa shape index (κ3) is 3.47. The topological polar surface area (TPSA) is 94.1 Å². The Hall–Kier alpha value is -2.09. The fourth-order valence-corrected chi connectivity index (χ4v) is 2.39.